The number of rotatable bonds is 7. The number of aromatic nitrogens is 1. The van der Waals surface area contributed by atoms with Gasteiger partial charge in [-0.3, -0.25) is 0 Å². The van der Waals surface area contributed by atoms with E-state index in [4.69, 9.17) is 10.5 Å². The number of fused-ring (bicyclic) bond motifs is 1. The second-order valence-corrected chi connectivity index (χ2v) is 7.56. The predicted octanol–water partition coefficient (Wildman–Crippen LogP) is 4.51. The lowest BCUT2D eigenvalue weighted by atomic mass is 9.89. The molecule has 0 bridgehead atoms. The Hall–Kier alpha value is -4.08. The van der Waals surface area contributed by atoms with Gasteiger partial charge in [-0.25, -0.2) is 4.79 Å². The molecule has 0 unspecified atom stereocenters. The van der Waals surface area contributed by atoms with Crippen molar-refractivity contribution in [3.05, 3.63) is 88.5 Å². The topological polar surface area (TPSA) is 112 Å². The van der Waals surface area contributed by atoms with E-state index in [1.54, 1.807) is 25.3 Å². The molecule has 0 fully saturated rings. The van der Waals surface area contributed by atoms with E-state index in [9.17, 15) is 15.2 Å². The summed E-state index contributed by atoms with van der Waals surface area (Å²) in [5.74, 6) is -0.260. The molecule has 3 aromatic carbocycles. The largest absolute Gasteiger partial charge is 0.482 e. The number of hydrogen-bond donors (Lipinski definition) is 3. The number of carbonyl (C=O) groups is 1. The zero-order valence-electron chi connectivity index (χ0n) is 17.7. The van der Waals surface area contributed by atoms with Crippen molar-refractivity contribution < 1.29 is 14.6 Å². The number of methoxy groups -OCH3 is 1. The maximum atomic E-state index is 11.2. The molecule has 4 aromatic rings. The summed E-state index contributed by atoms with van der Waals surface area (Å²) in [6.07, 6.45) is 1.23. The third kappa shape index (κ3) is 3.94. The molecule has 1 heterocycles. The average molecular weight is 425 g/mol. The minimum absolute atomic E-state index is 0.251. The van der Waals surface area contributed by atoms with Crippen LogP contribution >= 0.6 is 0 Å². The highest BCUT2D eigenvalue weighted by molar-refractivity contribution is 5.95. The van der Waals surface area contributed by atoms with Crippen molar-refractivity contribution in [2.45, 2.75) is 12.8 Å². The maximum absolute atomic E-state index is 11.2. The van der Waals surface area contributed by atoms with Gasteiger partial charge in [-0.2, -0.15) is 5.26 Å². The van der Waals surface area contributed by atoms with Crippen molar-refractivity contribution in [3.63, 3.8) is 0 Å². The van der Waals surface area contributed by atoms with Crippen molar-refractivity contribution >= 4 is 16.9 Å². The number of ether oxygens (including phenoxy) is 1. The number of aromatic amines is 1. The number of carboxylic acids is 1. The summed E-state index contributed by atoms with van der Waals surface area (Å²) >= 11 is 0. The van der Waals surface area contributed by atoms with Gasteiger partial charge in [0.2, 0.25) is 0 Å². The number of nitrogens with zero attached hydrogens (tertiary/aromatic N) is 1. The molecular formula is C26H23N3O3. The van der Waals surface area contributed by atoms with Crippen LogP contribution < -0.4 is 10.5 Å². The van der Waals surface area contributed by atoms with E-state index in [-0.39, 0.29) is 5.56 Å². The van der Waals surface area contributed by atoms with Crippen LogP contribution in [0.1, 0.15) is 32.6 Å². The molecule has 0 aliphatic rings. The third-order valence-corrected chi connectivity index (χ3v) is 5.62. The summed E-state index contributed by atoms with van der Waals surface area (Å²) < 4.78 is 5.59. The fraction of sp³-hybridized carbons (Fsp3) is 0.154. The van der Waals surface area contributed by atoms with Gasteiger partial charge in [-0.05, 0) is 72.0 Å². The van der Waals surface area contributed by atoms with Gasteiger partial charge >= 0.3 is 5.97 Å². The standard InChI is InChI=1S/C26H23N3O3/c1-32-25-21(11-12-27)24-22(14-16-5-7-18(8-6-16)26(30)31)20(9-10-23(24)29-25)19-4-2-3-17(13-19)15-28/h2-10,13,29H,11-12,14,27H2,1H3,(H,30,31). The predicted molar refractivity (Wildman–Crippen MR) is 124 cm³/mol. The molecule has 0 saturated carbocycles. The molecule has 0 atom stereocenters. The van der Waals surface area contributed by atoms with E-state index in [2.05, 4.69) is 11.1 Å². The summed E-state index contributed by atoms with van der Waals surface area (Å²) in [6, 6.07) is 20.7. The second kappa shape index (κ2) is 8.96. The number of benzene rings is 3. The zero-order valence-corrected chi connectivity index (χ0v) is 17.7. The average Bonchev–Trinajstić information content (AvgIpc) is 3.18. The molecule has 1 aromatic heterocycles. The lowest BCUT2D eigenvalue weighted by Crippen LogP contribution is -2.04. The normalized spacial score (nSPS) is 10.8. The van der Waals surface area contributed by atoms with Gasteiger partial charge in [0.1, 0.15) is 0 Å². The van der Waals surface area contributed by atoms with Crippen molar-refractivity contribution in [2.24, 2.45) is 5.73 Å². The Morgan fingerprint density at radius 3 is 2.56 bits per heavy atom. The molecule has 4 N–H and O–H groups in total. The van der Waals surface area contributed by atoms with Crippen LogP contribution in [0.2, 0.25) is 0 Å². The number of nitrogens with one attached hydrogen (secondary N) is 1. The van der Waals surface area contributed by atoms with Crippen molar-refractivity contribution in [2.75, 3.05) is 13.7 Å². The Labute approximate surface area is 185 Å². The molecule has 4 rings (SSSR count). The molecule has 0 radical (unpaired) electrons. The van der Waals surface area contributed by atoms with Gasteiger partial charge in [-0.1, -0.05) is 30.3 Å². The fourth-order valence-electron chi connectivity index (χ4n) is 4.14. The molecule has 0 aliphatic carbocycles. The number of carboxylic acid groups (broad SMARTS) is 1. The van der Waals surface area contributed by atoms with Crippen LogP contribution in [0.25, 0.3) is 22.0 Å². The number of aromatic carboxylic acids is 1. The van der Waals surface area contributed by atoms with Gasteiger partial charge in [0.05, 0.1) is 24.3 Å². The van der Waals surface area contributed by atoms with E-state index in [1.165, 1.54) is 0 Å². The molecule has 0 spiro atoms. The molecule has 0 saturated heterocycles. The van der Waals surface area contributed by atoms with E-state index < -0.39 is 5.97 Å². The summed E-state index contributed by atoms with van der Waals surface area (Å²) in [6.45, 7) is 0.476. The summed E-state index contributed by atoms with van der Waals surface area (Å²) in [4.78, 5) is 14.6. The first-order valence-electron chi connectivity index (χ1n) is 10.3. The lowest BCUT2D eigenvalue weighted by Gasteiger charge is -2.14. The minimum atomic E-state index is -0.951. The van der Waals surface area contributed by atoms with Crippen molar-refractivity contribution in [1.29, 1.82) is 5.26 Å². The smallest absolute Gasteiger partial charge is 0.335 e. The third-order valence-electron chi connectivity index (χ3n) is 5.62. The fourth-order valence-corrected chi connectivity index (χ4v) is 4.14. The van der Waals surface area contributed by atoms with Crippen molar-refractivity contribution in [3.8, 4) is 23.1 Å². The van der Waals surface area contributed by atoms with Crippen molar-refractivity contribution in [1.82, 2.24) is 4.98 Å². The number of nitrogens with two attached hydrogens (primary N) is 1. The van der Waals surface area contributed by atoms with Crippen LogP contribution in [0, 0.1) is 11.3 Å². The van der Waals surface area contributed by atoms with Crippen LogP contribution in [0.3, 0.4) is 0 Å². The molecular weight excluding hydrogens is 402 g/mol. The van der Waals surface area contributed by atoms with E-state index in [1.807, 2.05) is 42.5 Å². The molecule has 32 heavy (non-hydrogen) atoms. The molecule has 6 heteroatoms. The summed E-state index contributed by atoms with van der Waals surface area (Å²) in [7, 11) is 1.63. The van der Waals surface area contributed by atoms with E-state index in [0.717, 1.165) is 38.7 Å². The Balaban J connectivity index is 1.95. The quantitative estimate of drug-likeness (QED) is 0.403. The Morgan fingerprint density at radius 1 is 1.12 bits per heavy atom. The Kier molecular flexibility index (Phi) is 5.93. The van der Waals surface area contributed by atoms with Gasteiger partial charge in [0.25, 0.3) is 0 Å². The van der Waals surface area contributed by atoms with Crippen LogP contribution in [0.15, 0.2) is 60.7 Å². The SMILES string of the molecule is COc1[nH]c2ccc(-c3cccc(C#N)c3)c(Cc3ccc(C(=O)O)cc3)c2c1CCN. The van der Waals surface area contributed by atoms with Gasteiger partial charge in [0, 0.05) is 16.5 Å². The number of H-pyrrole nitrogens is 1. The van der Waals surface area contributed by atoms with Crippen LogP contribution in [-0.2, 0) is 12.8 Å². The number of nitriles is 1. The van der Waals surface area contributed by atoms with Gasteiger partial charge in [0.15, 0.2) is 5.88 Å². The first-order valence-corrected chi connectivity index (χ1v) is 10.3. The monoisotopic (exact) mass is 425 g/mol. The molecule has 160 valence electrons. The maximum Gasteiger partial charge on any atom is 0.335 e. The molecule has 0 amide bonds. The highest BCUT2D eigenvalue weighted by atomic mass is 16.5. The highest BCUT2D eigenvalue weighted by Crippen LogP contribution is 2.38. The first-order chi connectivity index (χ1) is 15.5. The lowest BCUT2D eigenvalue weighted by molar-refractivity contribution is 0.0697. The second-order valence-electron chi connectivity index (χ2n) is 7.56. The van der Waals surface area contributed by atoms with Crippen LogP contribution in [0.4, 0.5) is 0 Å². The molecule has 0 aliphatic heterocycles. The van der Waals surface area contributed by atoms with E-state index >= 15 is 0 Å². The minimum Gasteiger partial charge on any atom is -0.482 e. The Bertz CT molecular complexity index is 1330. The Morgan fingerprint density at radius 2 is 1.91 bits per heavy atom. The van der Waals surface area contributed by atoms with E-state index in [0.29, 0.717) is 30.8 Å². The highest BCUT2D eigenvalue weighted by Gasteiger charge is 2.19. The molecule has 6 nitrogen and oxygen atoms in total. The van der Waals surface area contributed by atoms with Gasteiger partial charge in [-0.15, -0.1) is 0 Å². The first kappa shape index (κ1) is 21.2. The van der Waals surface area contributed by atoms with Crippen LogP contribution in [-0.4, -0.2) is 29.7 Å². The summed E-state index contributed by atoms with van der Waals surface area (Å²) in [5, 5.41) is 19.6. The number of hydrogen-bond acceptors (Lipinski definition) is 4. The van der Waals surface area contributed by atoms with Gasteiger partial charge < -0.3 is 20.6 Å². The summed E-state index contributed by atoms with van der Waals surface area (Å²) in [5.41, 5.74) is 12.7. The van der Waals surface area contributed by atoms with Crippen LogP contribution in [0.5, 0.6) is 5.88 Å². The zero-order chi connectivity index (χ0) is 22.7.